The minimum absolute atomic E-state index is 0.221. The second kappa shape index (κ2) is 3.30. The van der Waals surface area contributed by atoms with Crippen molar-refractivity contribution in [2.45, 2.75) is 6.54 Å². The van der Waals surface area contributed by atoms with Crippen LogP contribution in [-0.4, -0.2) is 0 Å². The van der Waals surface area contributed by atoms with Crippen molar-refractivity contribution in [3.05, 3.63) is 33.1 Å². The zero-order chi connectivity index (χ0) is 7.56. The number of nitrogens with two attached hydrogens (primary N) is 1. The lowest BCUT2D eigenvalue weighted by Gasteiger charge is -1.98. The Morgan fingerprint density at radius 3 is 2.70 bits per heavy atom. The Balaban J connectivity index is 3.09. The minimum Gasteiger partial charge on any atom is -0.326 e. The topological polar surface area (TPSA) is 26.0 Å². The van der Waals surface area contributed by atoms with Crippen LogP contribution in [0.15, 0.2) is 18.2 Å². The summed E-state index contributed by atoms with van der Waals surface area (Å²) in [6, 6.07) is 4.61. The predicted octanol–water partition coefficient (Wildman–Crippen LogP) is 1.89. The van der Waals surface area contributed by atoms with Crippen molar-refractivity contribution in [3.8, 4) is 0 Å². The summed E-state index contributed by atoms with van der Waals surface area (Å²) in [5.41, 5.74) is 6.21. The normalized spacial score (nSPS) is 9.90. The Labute approximate surface area is 72.6 Å². The molecule has 0 saturated heterocycles. The molecule has 0 bridgehead atoms. The molecule has 54 valence electrons. The van der Waals surface area contributed by atoms with Crippen molar-refractivity contribution in [1.82, 2.24) is 0 Å². The third kappa shape index (κ3) is 1.67. The van der Waals surface area contributed by atoms with E-state index < -0.39 is 0 Å². The average Bonchev–Trinajstić information content (AvgIpc) is 1.94. The van der Waals surface area contributed by atoms with Gasteiger partial charge >= 0.3 is 0 Å². The van der Waals surface area contributed by atoms with Crippen LogP contribution in [0.3, 0.4) is 0 Å². The van der Waals surface area contributed by atoms with Crippen LogP contribution >= 0.6 is 22.6 Å². The minimum atomic E-state index is -0.221. The maximum Gasteiger partial charge on any atom is 0.123 e. The van der Waals surface area contributed by atoms with Crippen molar-refractivity contribution < 1.29 is 4.39 Å². The van der Waals surface area contributed by atoms with Gasteiger partial charge < -0.3 is 5.73 Å². The van der Waals surface area contributed by atoms with Gasteiger partial charge in [-0.3, -0.25) is 0 Å². The quantitative estimate of drug-likeness (QED) is 0.758. The van der Waals surface area contributed by atoms with E-state index in [9.17, 15) is 4.39 Å². The third-order valence-electron chi connectivity index (χ3n) is 1.23. The van der Waals surface area contributed by atoms with E-state index in [-0.39, 0.29) is 5.82 Å². The Morgan fingerprint density at radius 1 is 1.50 bits per heavy atom. The average molecular weight is 251 g/mol. The smallest absolute Gasteiger partial charge is 0.123 e. The van der Waals surface area contributed by atoms with Crippen LogP contribution in [0, 0.1) is 9.39 Å². The van der Waals surface area contributed by atoms with Crippen LogP contribution in [0.25, 0.3) is 0 Å². The lowest BCUT2D eigenvalue weighted by atomic mass is 10.2. The molecule has 0 aliphatic heterocycles. The van der Waals surface area contributed by atoms with Gasteiger partial charge in [-0.25, -0.2) is 4.39 Å². The lowest BCUT2D eigenvalue weighted by Crippen LogP contribution is -1.99. The lowest BCUT2D eigenvalue weighted by molar-refractivity contribution is 0.625. The van der Waals surface area contributed by atoms with Gasteiger partial charge in [0, 0.05) is 10.1 Å². The Hall–Kier alpha value is -0.160. The van der Waals surface area contributed by atoms with Crippen molar-refractivity contribution in [1.29, 1.82) is 0 Å². The molecule has 0 radical (unpaired) electrons. The van der Waals surface area contributed by atoms with Crippen molar-refractivity contribution in [2.24, 2.45) is 5.73 Å². The standard InChI is InChI=1S/C7H7FIN/c8-6-1-2-7(9)5(3-6)4-10/h1-3H,4,10H2. The van der Waals surface area contributed by atoms with Gasteiger partial charge in [-0.1, -0.05) is 0 Å². The van der Waals surface area contributed by atoms with Gasteiger partial charge in [-0.2, -0.15) is 0 Å². The molecule has 1 rings (SSSR count). The predicted molar refractivity (Wildman–Crippen MR) is 47.0 cm³/mol. The third-order valence-corrected chi connectivity index (χ3v) is 2.28. The summed E-state index contributed by atoms with van der Waals surface area (Å²) in [6.45, 7) is 0.399. The summed E-state index contributed by atoms with van der Waals surface area (Å²) in [5, 5.41) is 0. The van der Waals surface area contributed by atoms with Crippen LogP contribution in [0.1, 0.15) is 5.56 Å². The van der Waals surface area contributed by atoms with Crippen molar-refractivity contribution >= 4 is 22.6 Å². The molecule has 10 heavy (non-hydrogen) atoms. The summed E-state index contributed by atoms with van der Waals surface area (Å²) < 4.78 is 13.5. The summed E-state index contributed by atoms with van der Waals surface area (Å²) in [4.78, 5) is 0. The first-order valence-corrected chi connectivity index (χ1v) is 3.96. The highest BCUT2D eigenvalue weighted by Gasteiger charge is 1.97. The second-order valence-electron chi connectivity index (χ2n) is 1.94. The van der Waals surface area contributed by atoms with E-state index in [2.05, 4.69) is 22.6 Å². The van der Waals surface area contributed by atoms with Crippen molar-refractivity contribution in [2.75, 3.05) is 0 Å². The van der Waals surface area contributed by atoms with E-state index in [1.165, 1.54) is 12.1 Å². The summed E-state index contributed by atoms with van der Waals surface area (Å²) in [6.07, 6.45) is 0. The molecule has 0 fully saturated rings. The van der Waals surface area contributed by atoms with E-state index >= 15 is 0 Å². The van der Waals surface area contributed by atoms with Gasteiger partial charge in [0.1, 0.15) is 5.82 Å². The first kappa shape index (κ1) is 7.94. The molecular weight excluding hydrogens is 244 g/mol. The van der Waals surface area contributed by atoms with Gasteiger partial charge in [0.2, 0.25) is 0 Å². The van der Waals surface area contributed by atoms with Crippen LogP contribution in [-0.2, 0) is 6.54 Å². The molecule has 0 aliphatic rings. The first-order chi connectivity index (χ1) is 4.74. The van der Waals surface area contributed by atoms with Crippen LogP contribution in [0.2, 0.25) is 0 Å². The molecule has 2 N–H and O–H groups in total. The Kier molecular flexibility index (Phi) is 2.62. The Morgan fingerprint density at radius 2 is 2.20 bits per heavy atom. The maximum atomic E-state index is 12.5. The monoisotopic (exact) mass is 251 g/mol. The van der Waals surface area contributed by atoms with Crippen LogP contribution < -0.4 is 5.73 Å². The van der Waals surface area contributed by atoms with E-state index in [0.717, 1.165) is 9.13 Å². The second-order valence-corrected chi connectivity index (χ2v) is 3.10. The fraction of sp³-hybridized carbons (Fsp3) is 0.143. The molecule has 0 saturated carbocycles. The number of benzene rings is 1. The molecule has 1 aromatic carbocycles. The molecule has 0 aromatic heterocycles. The van der Waals surface area contributed by atoms with Crippen molar-refractivity contribution in [3.63, 3.8) is 0 Å². The molecule has 0 atom stereocenters. The van der Waals surface area contributed by atoms with E-state index in [1.54, 1.807) is 6.07 Å². The fourth-order valence-corrected chi connectivity index (χ4v) is 1.26. The van der Waals surface area contributed by atoms with Gasteiger partial charge in [-0.05, 0) is 46.4 Å². The molecule has 0 aliphatic carbocycles. The van der Waals surface area contributed by atoms with E-state index in [1.807, 2.05) is 0 Å². The molecule has 3 heteroatoms. The van der Waals surface area contributed by atoms with Gasteiger partial charge in [0.15, 0.2) is 0 Å². The highest BCUT2D eigenvalue weighted by Crippen LogP contribution is 2.12. The van der Waals surface area contributed by atoms with Gasteiger partial charge in [0.05, 0.1) is 0 Å². The zero-order valence-electron chi connectivity index (χ0n) is 5.27. The highest BCUT2D eigenvalue weighted by atomic mass is 127. The largest absolute Gasteiger partial charge is 0.326 e. The van der Waals surface area contributed by atoms with Gasteiger partial charge in [-0.15, -0.1) is 0 Å². The Bertz CT molecular complexity index is 237. The molecule has 1 aromatic rings. The number of halogens is 2. The van der Waals surface area contributed by atoms with Crippen LogP contribution in [0.5, 0.6) is 0 Å². The molecule has 0 amide bonds. The molecule has 0 heterocycles. The highest BCUT2D eigenvalue weighted by molar-refractivity contribution is 14.1. The summed E-state index contributed by atoms with van der Waals surface area (Å²) >= 11 is 2.13. The maximum absolute atomic E-state index is 12.5. The van der Waals surface area contributed by atoms with Crippen LogP contribution in [0.4, 0.5) is 4.39 Å². The molecule has 0 unspecified atom stereocenters. The zero-order valence-corrected chi connectivity index (χ0v) is 7.43. The van der Waals surface area contributed by atoms with Gasteiger partial charge in [0.25, 0.3) is 0 Å². The number of hydrogen-bond acceptors (Lipinski definition) is 1. The van der Waals surface area contributed by atoms with E-state index in [0.29, 0.717) is 6.54 Å². The summed E-state index contributed by atoms with van der Waals surface area (Å²) in [5.74, 6) is -0.221. The molecular formula is C7H7FIN. The molecule has 1 nitrogen and oxygen atoms in total. The first-order valence-electron chi connectivity index (χ1n) is 2.88. The molecule has 0 spiro atoms. The summed E-state index contributed by atoms with van der Waals surface area (Å²) in [7, 11) is 0. The number of rotatable bonds is 1. The van der Waals surface area contributed by atoms with E-state index in [4.69, 9.17) is 5.73 Å². The number of hydrogen-bond donors (Lipinski definition) is 1. The fourth-order valence-electron chi connectivity index (χ4n) is 0.700. The SMILES string of the molecule is NCc1cc(F)ccc1I.